The Hall–Kier alpha value is -3.28. The van der Waals surface area contributed by atoms with Gasteiger partial charge in [0.05, 0.1) is 16.1 Å². The molecule has 172 valence electrons. The lowest BCUT2D eigenvalue weighted by molar-refractivity contribution is -0.146. The molecule has 2 aromatic carbocycles. The summed E-state index contributed by atoms with van der Waals surface area (Å²) in [6, 6.07) is 5.87. The van der Waals surface area contributed by atoms with Crippen LogP contribution < -0.4 is 10.6 Å². The summed E-state index contributed by atoms with van der Waals surface area (Å²) in [6.07, 6.45) is -9.31. The van der Waals surface area contributed by atoms with Crippen LogP contribution in [-0.2, 0) is 26.7 Å². The molecule has 0 bridgehead atoms. The van der Waals surface area contributed by atoms with Crippen molar-refractivity contribution in [2.24, 2.45) is 0 Å². The Morgan fingerprint density at radius 3 is 2.09 bits per heavy atom. The van der Waals surface area contributed by atoms with Crippen molar-refractivity contribution in [3.63, 3.8) is 0 Å². The molecule has 2 rings (SSSR count). The Morgan fingerprint density at radius 2 is 1.53 bits per heavy atom. The van der Waals surface area contributed by atoms with E-state index in [1.54, 1.807) is 0 Å². The molecule has 0 aliphatic heterocycles. The summed E-state index contributed by atoms with van der Waals surface area (Å²) >= 11 is 5.47. The van der Waals surface area contributed by atoms with Crippen LogP contribution in [-0.4, -0.2) is 30.9 Å². The summed E-state index contributed by atoms with van der Waals surface area (Å²) < 4.78 is 80.5. The third kappa shape index (κ3) is 7.15. The molecule has 6 nitrogen and oxygen atoms in total. The first-order valence-electron chi connectivity index (χ1n) is 8.55. The van der Waals surface area contributed by atoms with E-state index in [2.05, 4.69) is 15.4 Å². The van der Waals surface area contributed by atoms with Crippen LogP contribution in [0, 0.1) is 0 Å². The number of halogens is 7. The van der Waals surface area contributed by atoms with Crippen LogP contribution >= 0.6 is 11.6 Å². The second-order valence-electron chi connectivity index (χ2n) is 6.16. The highest BCUT2D eigenvalue weighted by Gasteiger charge is 2.33. The van der Waals surface area contributed by atoms with E-state index in [0.29, 0.717) is 18.2 Å². The minimum Gasteiger partial charge on any atom is -0.454 e. The molecule has 13 heteroatoms. The van der Waals surface area contributed by atoms with Gasteiger partial charge in [-0.05, 0) is 42.5 Å². The highest BCUT2D eigenvalue weighted by molar-refractivity contribution is 6.31. The molecule has 0 aliphatic carbocycles. The number of carbonyl (C=O) groups is 3. The van der Waals surface area contributed by atoms with Crippen molar-refractivity contribution >= 4 is 35.1 Å². The molecule has 0 saturated carbocycles. The second-order valence-corrected chi connectivity index (χ2v) is 6.57. The normalized spacial score (nSPS) is 11.6. The number of anilines is 1. The Balaban J connectivity index is 1.82. The number of nitrogens with one attached hydrogen (secondary N) is 2. The topological polar surface area (TPSA) is 84.5 Å². The average molecular weight is 483 g/mol. The molecular weight excluding hydrogens is 470 g/mol. The molecule has 0 radical (unpaired) electrons. The summed E-state index contributed by atoms with van der Waals surface area (Å²) in [5.41, 5.74) is -2.51. The van der Waals surface area contributed by atoms with Crippen LogP contribution in [0.5, 0.6) is 0 Å². The van der Waals surface area contributed by atoms with Crippen LogP contribution in [0.15, 0.2) is 42.5 Å². The first-order valence-corrected chi connectivity index (χ1v) is 8.93. The van der Waals surface area contributed by atoms with Gasteiger partial charge in [-0.2, -0.15) is 26.3 Å². The summed E-state index contributed by atoms with van der Waals surface area (Å²) in [4.78, 5) is 35.2. The zero-order valence-electron chi connectivity index (χ0n) is 15.7. The van der Waals surface area contributed by atoms with E-state index in [0.717, 1.165) is 24.3 Å². The number of amides is 2. The zero-order valence-corrected chi connectivity index (χ0v) is 16.5. The highest BCUT2D eigenvalue weighted by Crippen LogP contribution is 2.36. The Labute approximate surface area is 181 Å². The molecule has 0 atom stereocenters. The van der Waals surface area contributed by atoms with Gasteiger partial charge in [0.2, 0.25) is 0 Å². The van der Waals surface area contributed by atoms with E-state index in [1.807, 2.05) is 0 Å². The molecule has 0 saturated heterocycles. The van der Waals surface area contributed by atoms with Crippen molar-refractivity contribution in [2.75, 3.05) is 18.5 Å². The number of rotatable bonds is 6. The van der Waals surface area contributed by atoms with Crippen molar-refractivity contribution in [1.82, 2.24) is 5.32 Å². The number of hydrogen-bond donors (Lipinski definition) is 2. The first-order chi connectivity index (χ1) is 14.8. The maximum Gasteiger partial charge on any atom is 0.417 e. The largest absolute Gasteiger partial charge is 0.454 e. The summed E-state index contributed by atoms with van der Waals surface area (Å²) in [5, 5.41) is 3.62. The minimum atomic E-state index is -4.74. The van der Waals surface area contributed by atoms with E-state index in [9.17, 15) is 40.7 Å². The standard InChI is InChI=1S/C19H13ClF6N2O4/c20-14-6-5-12(7-13(14)19(24,25)26)28-15(29)9-32-16(30)8-27-17(31)10-1-3-11(4-2-10)18(21,22)23/h1-7H,8-9H2,(H,27,31)(H,28,29). The van der Waals surface area contributed by atoms with Gasteiger partial charge in [-0.25, -0.2) is 0 Å². The number of carbonyl (C=O) groups excluding carboxylic acids is 3. The van der Waals surface area contributed by atoms with Crippen LogP contribution in [0.4, 0.5) is 32.0 Å². The molecule has 0 heterocycles. The van der Waals surface area contributed by atoms with E-state index in [4.69, 9.17) is 11.6 Å². The van der Waals surface area contributed by atoms with Crippen molar-refractivity contribution in [3.05, 3.63) is 64.2 Å². The van der Waals surface area contributed by atoms with E-state index < -0.39 is 59.4 Å². The number of hydrogen-bond acceptors (Lipinski definition) is 4. The van der Waals surface area contributed by atoms with Gasteiger partial charge in [-0.15, -0.1) is 0 Å². The number of esters is 1. The van der Waals surface area contributed by atoms with Crippen molar-refractivity contribution < 1.29 is 45.5 Å². The van der Waals surface area contributed by atoms with Crippen LogP contribution in [0.2, 0.25) is 5.02 Å². The lowest BCUT2D eigenvalue weighted by Gasteiger charge is -2.12. The second kappa shape index (κ2) is 9.90. The van der Waals surface area contributed by atoms with Crippen molar-refractivity contribution in [2.45, 2.75) is 12.4 Å². The highest BCUT2D eigenvalue weighted by atomic mass is 35.5. The minimum absolute atomic E-state index is 0.147. The van der Waals surface area contributed by atoms with Gasteiger partial charge in [0.25, 0.3) is 11.8 Å². The Morgan fingerprint density at radius 1 is 0.906 bits per heavy atom. The Kier molecular flexibility index (Phi) is 7.73. The maximum atomic E-state index is 12.8. The maximum absolute atomic E-state index is 12.8. The quantitative estimate of drug-likeness (QED) is 0.475. The van der Waals surface area contributed by atoms with Gasteiger partial charge in [-0.1, -0.05) is 11.6 Å². The number of ether oxygens (including phenoxy) is 1. The number of alkyl halides is 6. The molecule has 2 amide bonds. The van der Waals surface area contributed by atoms with Gasteiger partial charge >= 0.3 is 18.3 Å². The molecule has 0 fully saturated rings. The fourth-order valence-corrected chi connectivity index (χ4v) is 2.50. The van der Waals surface area contributed by atoms with Crippen molar-refractivity contribution in [1.29, 1.82) is 0 Å². The third-order valence-corrected chi connectivity index (χ3v) is 4.12. The third-order valence-electron chi connectivity index (χ3n) is 3.79. The predicted molar refractivity (Wildman–Crippen MR) is 99.8 cm³/mol. The van der Waals surface area contributed by atoms with Crippen molar-refractivity contribution in [3.8, 4) is 0 Å². The molecular formula is C19H13ClF6N2O4. The smallest absolute Gasteiger partial charge is 0.417 e. The molecule has 32 heavy (non-hydrogen) atoms. The molecule has 2 aromatic rings. The molecule has 0 aliphatic rings. The number of benzene rings is 2. The van der Waals surface area contributed by atoms with E-state index >= 15 is 0 Å². The van der Waals surface area contributed by atoms with Gasteiger partial charge in [0, 0.05) is 11.3 Å². The molecule has 0 unspecified atom stereocenters. The zero-order chi connectivity index (χ0) is 24.1. The van der Waals surface area contributed by atoms with Crippen LogP contribution in [0.1, 0.15) is 21.5 Å². The van der Waals surface area contributed by atoms with Gasteiger partial charge in [0.15, 0.2) is 6.61 Å². The summed E-state index contributed by atoms with van der Waals surface area (Å²) in [7, 11) is 0. The lowest BCUT2D eigenvalue weighted by atomic mass is 10.1. The average Bonchev–Trinajstić information content (AvgIpc) is 2.70. The van der Waals surface area contributed by atoms with Gasteiger partial charge < -0.3 is 15.4 Å². The first kappa shape index (κ1) is 25.0. The van der Waals surface area contributed by atoms with Crippen LogP contribution in [0.25, 0.3) is 0 Å². The SMILES string of the molecule is O=C(COC(=O)CNC(=O)c1ccc(C(F)(F)F)cc1)Nc1ccc(Cl)c(C(F)(F)F)c1. The fourth-order valence-electron chi connectivity index (χ4n) is 2.28. The fraction of sp³-hybridized carbons (Fsp3) is 0.211. The summed E-state index contributed by atoms with van der Waals surface area (Å²) in [6.45, 7) is -1.56. The Bertz CT molecular complexity index is 1010. The van der Waals surface area contributed by atoms with Gasteiger partial charge in [-0.3, -0.25) is 14.4 Å². The molecule has 0 aromatic heterocycles. The van der Waals surface area contributed by atoms with Gasteiger partial charge in [0.1, 0.15) is 6.54 Å². The predicted octanol–water partition coefficient (Wildman–Crippen LogP) is 4.29. The summed E-state index contributed by atoms with van der Waals surface area (Å²) in [5.74, 6) is -2.88. The monoisotopic (exact) mass is 482 g/mol. The van der Waals surface area contributed by atoms with E-state index in [1.165, 1.54) is 0 Å². The van der Waals surface area contributed by atoms with Crippen LogP contribution in [0.3, 0.4) is 0 Å². The molecule has 2 N–H and O–H groups in total. The lowest BCUT2D eigenvalue weighted by Crippen LogP contribution is -2.32. The molecule has 0 spiro atoms. The van der Waals surface area contributed by atoms with E-state index in [-0.39, 0.29) is 11.3 Å².